The van der Waals surface area contributed by atoms with E-state index in [1.54, 1.807) is 12.4 Å². The van der Waals surface area contributed by atoms with Crippen molar-refractivity contribution in [3.05, 3.63) is 18.1 Å². The second-order valence-electron chi connectivity index (χ2n) is 4.65. The number of ether oxygens (including phenoxy) is 2. The van der Waals surface area contributed by atoms with E-state index >= 15 is 0 Å². The summed E-state index contributed by atoms with van der Waals surface area (Å²) in [6.45, 7) is 9.94. The van der Waals surface area contributed by atoms with Crippen LogP contribution in [0.3, 0.4) is 0 Å². The van der Waals surface area contributed by atoms with Crippen LogP contribution in [-0.2, 0) is 11.3 Å². The van der Waals surface area contributed by atoms with Gasteiger partial charge in [0.15, 0.2) is 0 Å². The minimum absolute atomic E-state index is 0.223. The molecule has 1 aromatic rings. The smallest absolute Gasteiger partial charge is 0.232 e. The molecule has 1 N–H and O–H groups in total. The summed E-state index contributed by atoms with van der Waals surface area (Å²) in [7, 11) is 0. The summed E-state index contributed by atoms with van der Waals surface area (Å²) >= 11 is 0. The van der Waals surface area contributed by atoms with Gasteiger partial charge in [-0.05, 0) is 13.8 Å². The van der Waals surface area contributed by atoms with Gasteiger partial charge in [0.05, 0.1) is 24.6 Å². The van der Waals surface area contributed by atoms with Gasteiger partial charge in [-0.3, -0.25) is 4.98 Å². The van der Waals surface area contributed by atoms with Gasteiger partial charge >= 0.3 is 0 Å². The van der Waals surface area contributed by atoms with Gasteiger partial charge in [0.25, 0.3) is 0 Å². The van der Waals surface area contributed by atoms with Crippen LogP contribution in [0, 0.1) is 0 Å². The predicted octanol–water partition coefficient (Wildman–Crippen LogP) is 1.78. The number of nitrogens with one attached hydrogen (secondary N) is 1. The number of rotatable bonds is 8. The molecule has 0 saturated heterocycles. The van der Waals surface area contributed by atoms with Crippen LogP contribution >= 0.6 is 0 Å². The van der Waals surface area contributed by atoms with Gasteiger partial charge in [-0.15, -0.1) is 0 Å². The topological polar surface area (TPSA) is 56.3 Å². The van der Waals surface area contributed by atoms with Crippen molar-refractivity contribution in [2.24, 2.45) is 0 Å². The van der Waals surface area contributed by atoms with Crippen molar-refractivity contribution in [3.8, 4) is 5.88 Å². The third kappa shape index (κ3) is 6.51. The maximum absolute atomic E-state index is 5.48. The molecule has 0 aromatic carbocycles. The fourth-order valence-corrected chi connectivity index (χ4v) is 1.28. The van der Waals surface area contributed by atoms with Crippen LogP contribution in [0.2, 0.25) is 0 Å². The van der Waals surface area contributed by atoms with Gasteiger partial charge in [0, 0.05) is 18.8 Å². The molecule has 1 heterocycles. The molecule has 5 heteroatoms. The lowest BCUT2D eigenvalue weighted by Gasteiger charge is -2.10. The van der Waals surface area contributed by atoms with Crippen molar-refractivity contribution in [3.63, 3.8) is 0 Å². The first-order chi connectivity index (χ1) is 8.58. The first-order valence-electron chi connectivity index (χ1n) is 6.36. The predicted molar refractivity (Wildman–Crippen MR) is 70.6 cm³/mol. The number of hydrogen-bond donors (Lipinski definition) is 1. The van der Waals surface area contributed by atoms with E-state index in [1.807, 2.05) is 13.8 Å². The summed E-state index contributed by atoms with van der Waals surface area (Å²) in [5.74, 6) is 0.547. The third-order valence-corrected chi connectivity index (χ3v) is 2.14. The SMILES string of the molecule is CC(C)NCc1cncc(OCCOC(C)C)n1. The Morgan fingerprint density at radius 3 is 2.61 bits per heavy atom. The molecular weight excluding hydrogens is 230 g/mol. The second kappa shape index (κ2) is 8.00. The highest BCUT2D eigenvalue weighted by Gasteiger charge is 2.01. The molecule has 1 rings (SSSR count). The zero-order chi connectivity index (χ0) is 13.4. The van der Waals surface area contributed by atoms with Gasteiger partial charge in [-0.1, -0.05) is 13.8 Å². The zero-order valence-electron chi connectivity index (χ0n) is 11.6. The van der Waals surface area contributed by atoms with Gasteiger partial charge in [0.1, 0.15) is 6.61 Å². The Morgan fingerprint density at radius 1 is 1.17 bits per heavy atom. The van der Waals surface area contributed by atoms with E-state index in [-0.39, 0.29) is 6.10 Å². The highest BCUT2D eigenvalue weighted by atomic mass is 16.5. The second-order valence-corrected chi connectivity index (χ2v) is 4.65. The van der Waals surface area contributed by atoms with Crippen molar-refractivity contribution in [2.75, 3.05) is 13.2 Å². The van der Waals surface area contributed by atoms with E-state index in [0.717, 1.165) is 5.69 Å². The largest absolute Gasteiger partial charge is 0.474 e. The van der Waals surface area contributed by atoms with Crippen molar-refractivity contribution in [1.82, 2.24) is 15.3 Å². The van der Waals surface area contributed by atoms with E-state index in [9.17, 15) is 0 Å². The molecule has 0 amide bonds. The summed E-state index contributed by atoms with van der Waals surface area (Å²) < 4.78 is 10.9. The zero-order valence-corrected chi connectivity index (χ0v) is 11.6. The quantitative estimate of drug-likeness (QED) is 0.716. The standard InChI is InChI=1S/C13H23N3O2/c1-10(2)15-8-12-7-14-9-13(16-12)18-6-5-17-11(3)4/h7,9-11,15H,5-6,8H2,1-4H3. The summed E-state index contributed by atoms with van der Waals surface area (Å²) in [5, 5.41) is 3.29. The van der Waals surface area contributed by atoms with Gasteiger partial charge in [0.2, 0.25) is 5.88 Å². The average Bonchev–Trinajstić information content (AvgIpc) is 2.32. The van der Waals surface area contributed by atoms with Gasteiger partial charge < -0.3 is 14.8 Å². The molecule has 0 aliphatic rings. The van der Waals surface area contributed by atoms with E-state index in [1.165, 1.54) is 0 Å². The molecule has 0 aliphatic heterocycles. The molecule has 0 bridgehead atoms. The Labute approximate surface area is 109 Å². The Balaban J connectivity index is 2.34. The van der Waals surface area contributed by atoms with Gasteiger partial charge in [-0.2, -0.15) is 0 Å². The van der Waals surface area contributed by atoms with Crippen LogP contribution in [0.5, 0.6) is 5.88 Å². The Hall–Kier alpha value is -1.20. The monoisotopic (exact) mass is 253 g/mol. The van der Waals surface area contributed by atoms with Crippen molar-refractivity contribution in [2.45, 2.75) is 46.4 Å². The molecule has 1 aromatic heterocycles. The number of hydrogen-bond acceptors (Lipinski definition) is 5. The van der Waals surface area contributed by atoms with Crippen LogP contribution in [0.1, 0.15) is 33.4 Å². The summed E-state index contributed by atoms with van der Waals surface area (Å²) in [6, 6.07) is 0.427. The minimum atomic E-state index is 0.223. The van der Waals surface area contributed by atoms with E-state index in [4.69, 9.17) is 9.47 Å². The van der Waals surface area contributed by atoms with Crippen LogP contribution in [0.15, 0.2) is 12.4 Å². The van der Waals surface area contributed by atoms with Crippen molar-refractivity contribution in [1.29, 1.82) is 0 Å². The van der Waals surface area contributed by atoms with Crippen LogP contribution in [0.4, 0.5) is 0 Å². The molecule has 0 unspecified atom stereocenters. The first kappa shape index (κ1) is 14.9. The Morgan fingerprint density at radius 2 is 1.94 bits per heavy atom. The molecule has 0 radical (unpaired) electrons. The molecule has 0 fully saturated rings. The summed E-state index contributed by atoms with van der Waals surface area (Å²) in [6.07, 6.45) is 3.59. The van der Waals surface area contributed by atoms with E-state index < -0.39 is 0 Å². The molecule has 0 saturated carbocycles. The lowest BCUT2D eigenvalue weighted by atomic mass is 10.3. The highest BCUT2D eigenvalue weighted by Crippen LogP contribution is 2.05. The summed E-state index contributed by atoms with van der Waals surface area (Å²) in [5.41, 5.74) is 0.881. The van der Waals surface area contributed by atoms with E-state index in [0.29, 0.717) is 31.7 Å². The van der Waals surface area contributed by atoms with Crippen molar-refractivity contribution >= 4 is 0 Å². The maximum Gasteiger partial charge on any atom is 0.232 e. The van der Waals surface area contributed by atoms with Crippen molar-refractivity contribution < 1.29 is 9.47 Å². The lowest BCUT2D eigenvalue weighted by Crippen LogP contribution is -2.22. The molecule has 5 nitrogen and oxygen atoms in total. The average molecular weight is 253 g/mol. The van der Waals surface area contributed by atoms with Gasteiger partial charge in [-0.25, -0.2) is 4.98 Å². The fourth-order valence-electron chi connectivity index (χ4n) is 1.28. The Kier molecular flexibility index (Phi) is 6.60. The number of aromatic nitrogens is 2. The lowest BCUT2D eigenvalue weighted by molar-refractivity contribution is 0.0541. The molecule has 0 aliphatic carbocycles. The molecule has 0 atom stereocenters. The first-order valence-corrected chi connectivity index (χ1v) is 6.36. The molecule has 0 spiro atoms. The van der Waals surface area contributed by atoms with Crippen LogP contribution < -0.4 is 10.1 Å². The molecular formula is C13H23N3O2. The number of nitrogens with zero attached hydrogens (tertiary/aromatic N) is 2. The third-order valence-electron chi connectivity index (χ3n) is 2.14. The normalized spacial score (nSPS) is 11.2. The van der Waals surface area contributed by atoms with E-state index in [2.05, 4.69) is 29.1 Å². The van der Waals surface area contributed by atoms with Crippen LogP contribution in [-0.4, -0.2) is 35.3 Å². The fraction of sp³-hybridized carbons (Fsp3) is 0.692. The minimum Gasteiger partial charge on any atom is -0.474 e. The Bertz CT molecular complexity index is 343. The highest BCUT2D eigenvalue weighted by molar-refractivity contribution is 5.08. The molecule has 18 heavy (non-hydrogen) atoms. The van der Waals surface area contributed by atoms with Crippen LogP contribution in [0.25, 0.3) is 0 Å². The summed E-state index contributed by atoms with van der Waals surface area (Å²) in [4.78, 5) is 8.47. The molecule has 102 valence electrons. The maximum atomic E-state index is 5.48.